The maximum absolute atomic E-state index is 6.23. The number of nitrogens with zero attached hydrogens (tertiary/aromatic N) is 2. The predicted octanol–water partition coefficient (Wildman–Crippen LogP) is 4.74. The Balaban J connectivity index is 1.42. The molecule has 1 aliphatic rings. The Labute approximate surface area is 155 Å². The van der Waals surface area contributed by atoms with Crippen molar-refractivity contribution in [2.24, 2.45) is 0 Å². The van der Waals surface area contributed by atoms with Crippen LogP contribution in [0.3, 0.4) is 0 Å². The summed E-state index contributed by atoms with van der Waals surface area (Å²) in [4.78, 5) is 5.75. The average molecular weight is 379 g/mol. The Kier molecular flexibility index (Phi) is 4.83. The molecule has 3 aromatic rings. The van der Waals surface area contributed by atoms with Crippen molar-refractivity contribution in [2.45, 2.75) is 12.5 Å². The quantitative estimate of drug-likeness (QED) is 0.698. The largest absolute Gasteiger partial charge is 0.361 e. The molecule has 3 heterocycles. The summed E-state index contributed by atoms with van der Waals surface area (Å²) in [7, 11) is 0. The maximum atomic E-state index is 6.23. The van der Waals surface area contributed by atoms with Gasteiger partial charge in [0.05, 0.1) is 14.7 Å². The summed E-state index contributed by atoms with van der Waals surface area (Å²) >= 11 is 13.7. The van der Waals surface area contributed by atoms with Crippen LogP contribution in [0.4, 0.5) is 0 Å². The Morgan fingerprint density at radius 1 is 1.25 bits per heavy atom. The van der Waals surface area contributed by atoms with Gasteiger partial charge in [-0.15, -0.1) is 11.3 Å². The Morgan fingerprint density at radius 2 is 2.17 bits per heavy atom. The first-order chi connectivity index (χ1) is 11.7. The molecule has 125 valence electrons. The molecule has 1 radical (unpaired) electrons. The van der Waals surface area contributed by atoms with Gasteiger partial charge >= 0.3 is 0 Å². The number of piperazine rings is 1. The molecule has 24 heavy (non-hydrogen) atoms. The Morgan fingerprint density at radius 3 is 3.00 bits per heavy atom. The zero-order chi connectivity index (χ0) is 16.5. The van der Waals surface area contributed by atoms with E-state index in [-0.39, 0.29) is 6.04 Å². The number of hydrogen-bond donors (Lipinski definition) is 1. The molecule has 0 spiro atoms. The number of hydrogen-bond acceptors (Lipinski definition) is 2. The van der Waals surface area contributed by atoms with Gasteiger partial charge in [0.15, 0.2) is 0 Å². The molecule has 4 rings (SSSR count). The maximum Gasteiger partial charge on any atom is 0.0976 e. The Hall–Kier alpha value is -1.04. The molecule has 1 aliphatic heterocycles. The first-order valence-electron chi connectivity index (χ1n) is 8.09. The normalized spacial score (nSPS) is 19.2. The molecular weight excluding hydrogens is 361 g/mol. The standard InChI is InChI=1S/C18H18Cl2N3S/c19-17-10-14(18(20)24-17)4-7-23-8-6-22-16(11-23)13-2-1-12-3-5-21-15(12)9-13/h1-3,5,9-10,16,21H,4,6-8,11H2. The van der Waals surface area contributed by atoms with Crippen LogP contribution in [0, 0.1) is 0 Å². The van der Waals surface area contributed by atoms with Gasteiger partial charge in [-0.2, -0.15) is 0 Å². The molecule has 1 saturated heterocycles. The molecule has 0 aliphatic carbocycles. The molecule has 1 unspecified atom stereocenters. The van der Waals surface area contributed by atoms with Gasteiger partial charge in [0.2, 0.25) is 0 Å². The van der Waals surface area contributed by atoms with Crippen LogP contribution in [0.5, 0.6) is 0 Å². The minimum atomic E-state index is 0.244. The molecule has 2 aromatic heterocycles. The fourth-order valence-corrected chi connectivity index (χ4v) is 4.80. The van der Waals surface area contributed by atoms with Gasteiger partial charge in [-0.1, -0.05) is 35.3 Å². The number of thiophene rings is 1. The molecular formula is C18H18Cl2N3S. The fourth-order valence-electron chi connectivity index (χ4n) is 3.26. The van der Waals surface area contributed by atoms with E-state index in [2.05, 4.69) is 34.1 Å². The van der Waals surface area contributed by atoms with Crippen molar-refractivity contribution < 1.29 is 0 Å². The lowest BCUT2D eigenvalue weighted by molar-refractivity contribution is 0.199. The van der Waals surface area contributed by atoms with Crippen LogP contribution in [-0.2, 0) is 6.42 Å². The van der Waals surface area contributed by atoms with Crippen molar-refractivity contribution in [3.05, 3.63) is 56.3 Å². The highest BCUT2D eigenvalue weighted by molar-refractivity contribution is 7.20. The van der Waals surface area contributed by atoms with Gasteiger partial charge in [0, 0.05) is 37.9 Å². The number of nitrogens with one attached hydrogen (secondary N) is 1. The van der Waals surface area contributed by atoms with Gasteiger partial charge in [-0.3, -0.25) is 4.90 Å². The minimum Gasteiger partial charge on any atom is -0.361 e. The zero-order valence-corrected chi connectivity index (χ0v) is 15.5. The third kappa shape index (κ3) is 3.48. The number of benzene rings is 1. The molecule has 3 nitrogen and oxygen atoms in total. The zero-order valence-electron chi connectivity index (χ0n) is 13.1. The summed E-state index contributed by atoms with van der Waals surface area (Å²) in [6, 6.07) is 10.9. The predicted molar refractivity (Wildman–Crippen MR) is 103 cm³/mol. The van der Waals surface area contributed by atoms with Crippen LogP contribution >= 0.6 is 34.5 Å². The summed E-state index contributed by atoms with van der Waals surface area (Å²) in [6.45, 7) is 3.84. The number of rotatable bonds is 4. The second kappa shape index (κ2) is 7.06. The van der Waals surface area contributed by atoms with Crippen LogP contribution in [0.15, 0.2) is 36.5 Å². The van der Waals surface area contributed by atoms with E-state index in [1.807, 2.05) is 12.3 Å². The number of aromatic nitrogens is 1. The van der Waals surface area contributed by atoms with Crippen LogP contribution in [0.25, 0.3) is 10.9 Å². The molecule has 1 atom stereocenters. The van der Waals surface area contributed by atoms with Crippen molar-refractivity contribution >= 4 is 45.4 Å². The average Bonchev–Trinajstić information content (AvgIpc) is 3.18. The van der Waals surface area contributed by atoms with Crippen LogP contribution in [0.1, 0.15) is 17.2 Å². The number of aromatic amines is 1. The monoisotopic (exact) mass is 378 g/mol. The lowest BCUT2D eigenvalue weighted by Gasteiger charge is -2.32. The van der Waals surface area contributed by atoms with Gasteiger partial charge < -0.3 is 4.98 Å². The summed E-state index contributed by atoms with van der Waals surface area (Å²) in [6.07, 6.45) is 2.92. The highest BCUT2D eigenvalue weighted by Crippen LogP contribution is 2.31. The van der Waals surface area contributed by atoms with E-state index in [0.717, 1.165) is 46.8 Å². The smallest absolute Gasteiger partial charge is 0.0976 e. The van der Waals surface area contributed by atoms with E-state index in [0.29, 0.717) is 0 Å². The van der Waals surface area contributed by atoms with Crippen molar-refractivity contribution in [3.8, 4) is 0 Å². The summed E-state index contributed by atoms with van der Waals surface area (Å²) < 4.78 is 1.58. The van der Waals surface area contributed by atoms with E-state index in [1.54, 1.807) is 0 Å². The van der Waals surface area contributed by atoms with Crippen molar-refractivity contribution in [2.75, 3.05) is 26.2 Å². The van der Waals surface area contributed by atoms with Crippen molar-refractivity contribution in [1.82, 2.24) is 15.2 Å². The highest BCUT2D eigenvalue weighted by Gasteiger charge is 2.22. The molecule has 0 saturated carbocycles. The van der Waals surface area contributed by atoms with Gasteiger partial charge in [-0.05, 0) is 41.1 Å². The van der Waals surface area contributed by atoms with E-state index < -0.39 is 0 Å². The van der Waals surface area contributed by atoms with Crippen LogP contribution < -0.4 is 5.32 Å². The molecule has 1 fully saturated rings. The van der Waals surface area contributed by atoms with E-state index in [1.165, 1.54) is 27.8 Å². The number of H-pyrrole nitrogens is 1. The third-order valence-corrected chi connectivity index (χ3v) is 6.15. The van der Waals surface area contributed by atoms with E-state index in [4.69, 9.17) is 28.5 Å². The second-order valence-corrected chi connectivity index (χ2v) is 8.43. The lowest BCUT2D eigenvalue weighted by Crippen LogP contribution is -2.43. The molecule has 6 heteroatoms. The summed E-state index contributed by atoms with van der Waals surface area (Å²) in [5, 5.41) is 6.06. The molecule has 0 amide bonds. The Bertz CT molecular complexity index is 842. The highest BCUT2D eigenvalue weighted by atomic mass is 35.5. The summed E-state index contributed by atoms with van der Waals surface area (Å²) in [5.74, 6) is 0. The minimum absolute atomic E-state index is 0.244. The number of fused-ring (bicyclic) bond motifs is 1. The van der Waals surface area contributed by atoms with Crippen LogP contribution in [0.2, 0.25) is 8.67 Å². The van der Waals surface area contributed by atoms with Gasteiger partial charge in [0.25, 0.3) is 0 Å². The lowest BCUT2D eigenvalue weighted by atomic mass is 10.0. The van der Waals surface area contributed by atoms with E-state index in [9.17, 15) is 0 Å². The number of halogens is 2. The van der Waals surface area contributed by atoms with Gasteiger partial charge in [0.1, 0.15) is 0 Å². The first kappa shape index (κ1) is 16.4. The first-order valence-corrected chi connectivity index (χ1v) is 9.66. The van der Waals surface area contributed by atoms with Crippen molar-refractivity contribution in [3.63, 3.8) is 0 Å². The van der Waals surface area contributed by atoms with Gasteiger partial charge in [-0.25, -0.2) is 5.32 Å². The van der Waals surface area contributed by atoms with Crippen LogP contribution in [-0.4, -0.2) is 36.1 Å². The topological polar surface area (TPSA) is 33.1 Å². The summed E-state index contributed by atoms with van der Waals surface area (Å²) in [5.41, 5.74) is 3.62. The molecule has 0 bridgehead atoms. The fraction of sp³-hybridized carbons (Fsp3) is 0.333. The SMILES string of the molecule is Clc1cc(CCN2CC[N]C(c3ccc4cc[nH]c4c3)C2)c(Cl)s1. The van der Waals surface area contributed by atoms with E-state index >= 15 is 0 Å². The molecule has 1 aromatic carbocycles. The second-order valence-electron chi connectivity index (χ2n) is 6.15. The third-order valence-electron chi connectivity index (χ3n) is 4.59. The van der Waals surface area contributed by atoms with Crippen molar-refractivity contribution in [1.29, 1.82) is 0 Å². The molecule has 1 N–H and O–H groups in total.